The average Bonchev–Trinajstić information content (AvgIpc) is 3.25. The van der Waals surface area contributed by atoms with Crippen LogP contribution in [0.3, 0.4) is 0 Å². The Hall–Kier alpha value is -3.07. The zero-order valence-corrected chi connectivity index (χ0v) is 19.0. The number of benzene rings is 3. The smallest absolute Gasteiger partial charge is 0.196 e. The van der Waals surface area contributed by atoms with Gasteiger partial charge in [0.2, 0.25) is 0 Å². The predicted molar refractivity (Wildman–Crippen MR) is 123 cm³/mol. The minimum atomic E-state index is -0.322. The molecule has 0 radical (unpaired) electrons. The quantitative estimate of drug-likeness (QED) is 0.310. The first-order valence-electron chi connectivity index (χ1n) is 10.2. The topological polar surface area (TPSA) is 58.4 Å². The first-order valence-corrected chi connectivity index (χ1v) is 11.6. The molecule has 1 aromatic heterocycles. The van der Waals surface area contributed by atoms with Crippen molar-refractivity contribution in [2.75, 3.05) is 6.79 Å². The predicted octanol–water partition coefficient (Wildman–Crippen LogP) is 5.80. The second-order valence-electron chi connectivity index (χ2n) is 7.24. The first-order chi connectivity index (χ1) is 16.2. The van der Waals surface area contributed by atoms with E-state index < -0.39 is 0 Å². The van der Waals surface area contributed by atoms with E-state index in [-0.39, 0.29) is 19.2 Å². The van der Waals surface area contributed by atoms with E-state index in [0.717, 1.165) is 11.3 Å². The van der Waals surface area contributed by atoms with Gasteiger partial charge in [-0.05, 0) is 36.4 Å². The monoisotopic (exact) mass is 483 g/mol. The highest BCUT2D eigenvalue weighted by atomic mass is 35.5. The molecule has 0 saturated carbocycles. The van der Waals surface area contributed by atoms with Gasteiger partial charge in [0, 0.05) is 22.6 Å². The van der Waals surface area contributed by atoms with Crippen LogP contribution in [0.5, 0.6) is 11.5 Å². The molecule has 33 heavy (non-hydrogen) atoms. The summed E-state index contributed by atoms with van der Waals surface area (Å²) in [4.78, 5) is 0. The van der Waals surface area contributed by atoms with Gasteiger partial charge in [0.1, 0.15) is 23.9 Å². The lowest BCUT2D eigenvalue weighted by atomic mass is 10.1. The molecule has 0 bridgehead atoms. The van der Waals surface area contributed by atoms with Gasteiger partial charge in [-0.15, -0.1) is 10.2 Å². The number of para-hydroxylation sites is 2. The summed E-state index contributed by atoms with van der Waals surface area (Å²) in [5, 5.41) is 9.92. The Labute approximate surface area is 199 Å². The summed E-state index contributed by atoms with van der Waals surface area (Å²) in [6, 6.07) is 20.0. The average molecular weight is 484 g/mol. The molecule has 0 fully saturated rings. The lowest BCUT2D eigenvalue weighted by Crippen LogP contribution is -2.13. The molecule has 0 aliphatic carbocycles. The largest absolute Gasteiger partial charge is 0.484 e. The van der Waals surface area contributed by atoms with Crippen LogP contribution in [0.25, 0.3) is 5.69 Å². The van der Waals surface area contributed by atoms with E-state index in [1.165, 1.54) is 23.9 Å². The molecular weight excluding hydrogens is 465 g/mol. The molecule has 4 aromatic rings. The maximum absolute atomic E-state index is 14.1. The molecule has 0 spiro atoms. The summed E-state index contributed by atoms with van der Waals surface area (Å²) in [5.74, 6) is 1.99. The molecule has 1 aliphatic rings. The van der Waals surface area contributed by atoms with Crippen molar-refractivity contribution in [3.05, 3.63) is 94.5 Å². The standard InChI is InChI=1S/C24H19ClFN3O3S/c25-20-8-4-5-9-21(20)31-13-22-27-28-24(29(22)19-6-2-1-3-7-19)33-14-17-11-18(26)10-16-12-30-15-32-23(16)17/h1-11H,12-15H2. The lowest BCUT2D eigenvalue weighted by Gasteiger charge is -2.20. The summed E-state index contributed by atoms with van der Waals surface area (Å²) >= 11 is 7.66. The Kier molecular flexibility index (Phi) is 6.48. The Morgan fingerprint density at radius 3 is 2.73 bits per heavy atom. The third-order valence-corrected chi connectivity index (χ3v) is 6.31. The molecule has 0 saturated heterocycles. The van der Waals surface area contributed by atoms with E-state index >= 15 is 0 Å². The van der Waals surface area contributed by atoms with Crippen LogP contribution < -0.4 is 9.47 Å². The number of fused-ring (bicyclic) bond motifs is 1. The highest BCUT2D eigenvalue weighted by Crippen LogP contribution is 2.34. The Morgan fingerprint density at radius 2 is 1.88 bits per heavy atom. The SMILES string of the molecule is Fc1cc2c(c(CSc3nnc(COc4ccccc4Cl)n3-c3ccccc3)c1)OCOC2. The summed E-state index contributed by atoms with van der Waals surface area (Å²) in [6.07, 6.45) is 0. The lowest BCUT2D eigenvalue weighted by molar-refractivity contribution is -0.0171. The molecule has 2 heterocycles. The molecule has 0 unspecified atom stereocenters. The second-order valence-corrected chi connectivity index (χ2v) is 8.59. The van der Waals surface area contributed by atoms with Gasteiger partial charge < -0.3 is 14.2 Å². The molecular formula is C24H19ClFN3O3S. The molecule has 0 amide bonds. The van der Waals surface area contributed by atoms with E-state index in [9.17, 15) is 4.39 Å². The highest BCUT2D eigenvalue weighted by molar-refractivity contribution is 7.98. The Balaban J connectivity index is 1.42. The molecule has 1 aliphatic heterocycles. The normalized spacial score (nSPS) is 12.8. The third-order valence-electron chi connectivity index (χ3n) is 5.02. The van der Waals surface area contributed by atoms with E-state index in [1.807, 2.05) is 47.0 Å². The van der Waals surface area contributed by atoms with Gasteiger partial charge in [-0.1, -0.05) is 53.7 Å². The number of ether oxygens (including phenoxy) is 3. The van der Waals surface area contributed by atoms with Crippen molar-refractivity contribution in [3.63, 3.8) is 0 Å². The highest BCUT2D eigenvalue weighted by Gasteiger charge is 2.20. The maximum Gasteiger partial charge on any atom is 0.196 e. The van der Waals surface area contributed by atoms with Crippen molar-refractivity contribution in [1.82, 2.24) is 14.8 Å². The summed E-state index contributed by atoms with van der Waals surface area (Å²) in [5.41, 5.74) is 2.35. The molecule has 9 heteroatoms. The molecule has 3 aromatic carbocycles. The van der Waals surface area contributed by atoms with Crippen LogP contribution in [0.15, 0.2) is 71.9 Å². The summed E-state index contributed by atoms with van der Waals surface area (Å²) < 4.78 is 32.9. The molecule has 0 N–H and O–H groups in total. The molecule has 6 nitrogen and oxygen atoms in total. The van der Waals surface area contributed by atoms with Crippen molar-refractivity contribution in [1.29, 1.82) is 0 Å². The Morgan fingerprint density at radius 1 is 1.06 bits per heavy atom. The van der Waals surface area contributed by atoms with E-state index in [0.29, 0.717) is 45.4 Å². The number of thioether (sulfide) groups is 1. The number of nitrogens with zero attached hydrogens (tertiary/aromatic N) is 3. The third kappa shape index (κ3) is 4.83. The number of hydrogen-bond donors (Lipinski definition) is 0. The van der Waals surface area contributed by atoms with E-state index in [4.69, 9.17) is 25.8 Å². The van der Waals surface area contributed by atoms with Gasteiger partial charge in [-0.2, -0.15) is 0 Å². The fourth-order valence-electron chi connectivity index (χ4n) is 3.53. The summed E-state index contributed by atoms with van der Waals surface area (Å²) in [7, 11) is 0. The van der Waals surface area contributed by atoms with Crippen LogP contribution in [0.2, 0.25) is 5.02 Å². The van der Waals surface area contributed by atoms with Gasteiger partial charge in [0.25, 0.3) is 0 Å². The Bertz CT molecular complexity index is 1270. The fourth-order valence-corrected chi connectivity index (χ4v) is 4.66. The van der Waals surface area contributed by atoms with E-state index in [1.54, 1.807) is 12.1 Å². The second kappa shape index (κ2) is 9.82. The minimum absolute atomic E-state index is 0.153. The molecule has 5 rings (SSSR count). The van der Waals surface area contributed by atoms with Crippen LogP contribution in [0.1, 0.15) is 17.0 Å². The van der Waals surface area contributed by atoms with E-state index in [2.05, 4.69) is 10.2 Å². The van der Waals surface area contributed by atoms with Gasteiger partial charge in [-0.3, -0.25) is 4.57 Å². The van der Waals surface area contributed by atoms with Crippen LogP contribution in [0, 0.1) is 5.82 Å². The van der Waals surface area contributed by atoms with Crippen molar-refractivity contribution in [3.8, 4) is 17.2 Å². The zero-order valence-electron chi connectivity index (χ0n) is 17.4. The van der Waals surface area contributed by atoms with Gasteiger partial charge in [-0.25, -0.2) is 4.39 Å². The van der Waals surface area contributed by atoms with Crippen molar-refractivity contribution in [2.45, 2.75) is 24.1 Å². The van der Waals surface area contributed by atoms with Crippen LogP contribution in [-0.2, 0) is 23.7 Å². The van der Waals surface area contributed by atoms with Gasteiger partial charge >= 0.3 is 0 Å². The number of rotatable bonds is 7. The maximum atomic E-state index is 14.1. The fraction of sp³-hybridized carbons (Fsp3) is 0.167. The van der Waals surface area contributed by atoms with Crippen molar-refractivity contribution in [2.24, 2.45) is 0 Å². The summed E-state index contributed by atoms with van der Waals surface area (Å²) in [6.45, 7) is 0.663. The van der Waals surface area contributed by atoms with Crippen LogP contribution in [0.4, 0.5) is 4.39 Å². The zero-order chi connectivity index (χ0) is 22.6. The minimum Gasteiger partial charge on any atom is -0.484 e. The molecule has 168 valence electrons. The number of halogens is 2. The van der Waals surface area contributed by atoms with Gasteiger partial charge in [0.05, 0.1) is 11.6 Å². The number of hydrogen-bond acceptors (Lipinski definition) is 6. The van der Waals surface area contributed by atoms with Crippen molar-refractivity contribution >= 4 is 23.4 Å². The first kappa shape index (κ1) is 21.8. The van der Waals surface area contributed by atoms with Crippen LogP contribution >= 0.6 is 23.4 Å². The van der Waals surface area contributed by atoms with Gasteiger partial charge in [0.15, 0.2) is 17.8 Å². The molecule has 0 atom stereocenters. The van der Waals surface area contributed by atoms with Crippen molar-refractivity contribution < 1.29 is 18.6 Å². The van der Waals surface area contributed by atoms with Crippen LogP contribution in [-0.4, -0.2) is 21.6 Å². The number of aromatic nitrogens is 3.